The number of carbonyl (C=O) groups excluding carboxylic acids is 2. The molecule has 5 nitrogen and oxygen atoms in total. The van der Waals surface area contributed by atoms with Crippen molar-refractivity contribution in [2.75, 3.05) is 0 Å². The Hall–Kier alpha value is -1.86. The highest BCUT2D eigenvalue weighted by molar-refractivity contribution is 8.02. The molecule has 2 N–H and O–H groups in total. The first-order valence-corrected chi connectivity index (χ1v) is 10.7. The molecule has 0 spiro atoms. The maximum Gasteiger partial charge on any atom is 0.321 e. The summed E-state index contributed by atoms with van der Waals surface area (Å²) in [5.74, 6) is -0.292. The van der Waals surface area contributed by atoms with Crippen molar-refractivity contribution in [1.82, 2.24) is 15.6 Å². The van der Waals surface area contributed by atoms with E-state index in [4.69, 9.17) is 0 Å². The molecule has 3 rings (SSSR count). The third-order valence-corrected chi connectivity index (χ3v) is 6.45. The van der Waals surface area contributed by atoms with Crippen LogP contribution in [0, 0.1) is 0 Å². The summed E-state index contributed by atoms with van der Waals surface area (Å²) in [6, 6.07) is 9.73. The summed E-state index contributed by atoms with van der Waals surface area (Å²) in [6.07, 6.45) is 5.49. The van der Waals surface area contributed by atoms with Crippen LogP contribution in [0.15, 0.2) is 40.1 Å². The molecule has 1 aliphatic rings. The van der Waals surface area contributed by atoms with E-state index in [0.29, 0.717) is 0 Å². The zero-order valence-corrected chi connectivity index (χ0v) is 16.4. The number of imide groups is 1. The summed E-state index contributed by atoms with van der Waals surface area (Å²) < 4.78 is 0.819. The van der Waals surface area contributed by atoms with Crippen LogP contribution in [0.4, 0.5) is 4.79 Å². The summed E-state index contributed by atoms with van der Waals surface area (Å²) in [5, 5.41) is 6.95. The molecular weight excluding hydrogens is 366 g/mol. The predicted octanol–water partition coefficient (Wildman–Crippen LogP) is 4.45. The number of rotatable bonds is 5. The molecule has 0 radical (unpaired) electrons. The normalized spacial score (nSPS) is 16.0. The monoisotopic (exact) mass is 389 g/mol. The van der Waals surface area contributed by atoms with Crippen LogP contribution in [0.3, 0.4) is 0 Å². The molecular formula is C19H23N3O2S2. The Morgan fingerprint density at radius 3 is 2.65 bits per heavy atom. The first-order valence-electron chi connectivity index (χ1n) is 8.91. The Balaban J connectivity index is 1.49. The lowest BCUT2D eigenvalue weighted by Gasteiger charge is -2.22. The highest BCUT2D eigenvalue weighted by atomic mass is 32.2. The van der Waals surface area contributed by atoms with Crippen LogP contribution in [-0.4, -0.2) is 28.2 Å². The van der Waals surface area contributed by atoms with Crippen molar-refractivity contribution in [1.29, 1.82) is 0 Å². The van der Waals surface area contributed by atoms with Crippen molar-refractivity contribution in [3.8, 4) is 11.3 Å². The van der Waals surface area contributed by atoms with Gasteiger partial charge in [-0.25, -0.2) is 9.78 Å². The molecule has 0 saturated heterocycles. The van der Waals surface area contributed by atoms with Gasteiger partial charge in [-0.05, 0) is 19.8 Å². The highest BCUT2D eigenvalue weighted by Gasteiger charge is 2.21. The third kappa shape index (κ3) is 5.32. The van der Waals surface area contributed by atoms with Gasteiger partial charge in [0.25, 0.3) is 0 Å². The van der Waals surface area contributed by atoms with E-state index in [1.165, 1.54) is 29.5 Å². The number of urea groups is 1. The van der Waals surface area contributed by atoms with Crippen molar-refractivity contribution < 1.29 is 9.59 Å². The number of nitrogens with zero attached hydrogens (tertiary/aromatic N) is 1. The lowest BCUT2D eigenvalue weighted by Crippen LogP contribution is -2.47. The second-order valence-corrected chi connectivity index (χ2v) is 8.87. The average molecular weight is 390 g/mol. The van der Waals surface area contributed by atoms with Crippen LogP contribution in [-0.2, 0) is 4.79 Å². The molecule has 26 heavy (non-hydrogen) atoms. The highest BCUT2D eigenvalue weighted by Crippen LogP contribution is 2.30. The number of hydrogen-bond donors (Lipinski definition) is 2. The Morgan fingerprint density at radius 1 is 1.19 bits per heavy atom. The van der Waals surface area contributed by atoms with Gasteiger partial charge in [0.2, 0.25) is 5.91 Å². The van der Waals surface area contributed by atoms with Gasteiger partial charge in [0, 0.05) is 17.0 Å². The molecule has 7 heteroatoms. The second-order valence-electron chi connectivity index (χ2n) is 6.42. The van der Waals surface area contributed by atoms with E-state index < -0.39 is 6.03 Å². The molecule has 1 aliphatic carbocycles. The van der Waals surface area contributed by atoms with Gasteiger partial charge in [-0.2, -0.15) is 0 Å². The summed E-state index contributed by atoms with van der Waals surface area (Å²) in [5.41, 5.74) is 1.96. The van der Waals surface area contributed by atoms with E-state index in [2.05, 4.69) is 15.6 Å². The van der Waals surface area contributed by atoms with Gasteiger partial charge in [-0.15, -0.1) is 11.3 Å². The van der Waals surface area contributed by atoms with E-state index in [9.17, 15) is 9.59 Å². The van der Waals surface area contributed by atoms with Gasteiger partial charge in [-0.1, -0.05) is 61.4 Å². The predicted molar refractivity (Wildman–Crippen MR) is 106 cm³/mol. The molecule has 138 valence electrons. The van der Waals surface area contributed by atoms with Crippen molar-refractivity contribution in [2.24, 2.45) is 0 Å². The minimum atomic E-state index is -0.390. The molecule has 2 aromatic rings. The molecule has 1 atom stereocenters. The number of aromatic nitrogens is 1. The molecule has 1 aromatic heterocycles. The van der Waals surface area contributed by atoms with Crippen LogP contribution < -0.4 is 10.6 Å². The van der Waals surface area contributed by atoms with Gasteiger partial charge in [0.05, 0.1) is 10.9 Å². The van der Waals surface area contributed by atoms with E-state index in [1.54, 1.807) is 6.92 Å². The number of amides is 3. The van der Waals surface area contributed by atoms with Crippen LogP contribution in [0.5, 0.6) is 0 Å². The number of thioether (sulfide) groups is 1. The number of carbonyl (C=O) groups is 2. The smallest absolute Gasteiger partial charge is 0.321 e. The maximum atomic E-state index is 12.3. The van der Waals surface area contributed by atoms with Gasteiger partial charge >= 0.3 is 6.03 Å². The average Bonchev–Trinajstić information content (AvgIpc) is 3.11. The van der Waals surface area contributed by atoms with Crippen molar-refractivity contribution in [3.05, 3.63) is 35.7 Å². The van der Waals surface area contributed by atoms with Crippen molar-refractivity contribution >= 4 is 35.0 Å². The Labute approximate surface area is 162 Å². The minimum absolute atomic E-state index is 0.187. The molecule has 0 bridgehead atoms. The largest absolute Gasteiger partial charge is 0.335 e. The minimum Gasteiger partial charge on any atom is -0.335 e. The lowest BCUT2D eigenvalue weighted by molar-refractivity contribution is -0.119. The summed E-state index contributed by atoms with van der Waals surface area (Å²) >= 11 is 2.88. The van der Waals surface area contributed by atoms with Crippen molar-refractivity contribution in [2.45, 2.75) is 54.7 Å². The van der Waals surface area contributed by atoms with Crippen LogP contribution in [0.1, 0.15) is 39.0 Å². The van der Waals surface area contributed by atoms with Crippen LogP contribution in [0.25, 0.3) is 11.3 Å². The number of thiazole rings is 1. The third-order valence-electron chi connectivity index (χ3n) is 4.38. The fourth-order valence-corrected chi connectivity index (χ4v) is 4.91. The van der Waals surface area contributed by atoms with Crippen LogP contribution in [0.2, 0.25) is 0 Å². The fourth-order valence-electron chi connectivity index (χ4n) is 2.94. The molecule has 3 amide bonds. The Morgan fingerprint density at radius 2 is 1.92 bits per heavy atom. The number of nitrogens with one attached hydrogen (secondary N) is 2. The number of hydrogen-bond acceptors (Lipinski definition) is 5. The van der Waals surface area contributed by atoms with E-state index in [1.807, 2.05) is 35.7 Å². The van der Waals surface area contributed by atoms with Crippen LogP contribution >= 0.6 is 23.1 Å². The Bertz CT molecular complexity index is 742. The fraction of sp³-hybridized carbons (Fsp3) is 0.421. The Kier molecular flexibility index (Phi) is 6.68. The second kappa shape index (κ2) is 9.19. The van der Waals surface area contributed by atoms with E-state index in [-0.39, 0.29) is 17.2 Å². The molecule has 1 saturated carbocycles. The van der Waals surface area contributed by atoms with Gasteiger partial charge in [0.1, 0.15) is 0 Å². The van der Waals surface area contributed by atoms with Gasteiger partial charge < -0.3 is 5.32 Å². The van der Waals surface area contributed by atoms with Gasteiger partial charge in [0.15, 0.2) is 4.34 Å². The summed E-state index contributed by atoms with van der Waals surface area (Å²) in [4.78, 5) is 28.8. The first-order chi connectivity index (χ1) is 12.6. The molecule has 1 unspecified atom stereocenters. The summed E-state index contributed by atoms with van der Waals surface area (Å²) in [7, 11) is 0. The van der Waals surface area contributed by atoms with Gasteiger partial charge in [-0.3, -0.25) is 10.1 Å². The maximum absolute atomic E-state index is 12.3. The summed E-state index contributed by atoms with van der Waals surface area (Å²) in [6.45, 7) is 1.79. The zero-order chi connectivity index (χ0) is 18.4. The first kappa shape index (κ1) is 18.9. The number of benzene rings is 1. The topological polar surface area (TPSA) is 71.1 Å². The molecule has 1 aromatic carbocycles. The van der Waals surface area contributed by atoms with E-state index in [0.717, 1.165) is 41.3 Å². The zero-order valence-electron chi connectivity index (χ0n) is 14.7. The molecule has 0 aliphatic heterocycles. The SMILES string of the molecule is CC(Sc1nc(-c2ccccc2)cs1)C(=O)NC(=O)NC1CCCCC1. The molecule has 1 heterocycles. The standard InChI is InChI=1S/C19H23N3O2S2/c1-13(17(23)22-18(24)20-15-10-6-3-7-11-15)26-19-21-16(12-25-19)14-8-4-2-5-9-14/h2,4-5,8-9,12-13,15H,3,6-7,10-11H2,1H3,(H2,20,22,23,24). The lowest BCUT2D eigenvalue weighted by atomic mass is 9.96. The van der Waals surface area contributed by atoms with E-state index >= 15 is 0 Å². The quantitative estimate of drug-likeness (QED) is 0.741. The van der Waals surface area contributed by atoms with Crippen molar-refractivity contribution in [3.63, 3.8) is 0 Å². The molecule has 1 fully saturated rings.